The Morgan fingerprint density at radius 2 is 1.76 bits per heavy atom. The Morgan fingerprint density at radius 1 is 1.03 bits per heavy atom. The molecule has 1 aliphatic heterocycles. The Hall–Kier alpha value is -3.64. The molecule has 2 aromatic carbocycles. The van der Waals surface area contributed by atoms with Crippen LogP contribution in [-0.4, -0.2) is 39.8 Å². The average molecular weight is 476 g/mol. The van der Waals surface area contributed by atoms with E-state index in [-0.39, 0.29) is 17.9 Å². The summed E-state index contributed by atoms with van der Waals surface area (Å²) in [4.78, 5) is 34.3. The van der Waals surface area contributed by atoms with Crippen molar-refractivity contribution in [1.82, 2.24) is 9.88 Å². The van der Waals surface area contributed by atoms with Gasteiger partial charge in [0.25, 0.3) is 11.7 Å². The van der Waals surface area contributed by atoms with Crippen molar-refractivity contribution in [3.63, 3.8) is 0 Å². The fourth-order valence-corrected chi connectivity index (χ4v) is 4.49. The van der Waals surface area contributed by atoms with E-state index in [0.29, 0.717) is 16.3 Å². The number of hydrogen-bond donors (Lipinski definition) is 1. The largest absolute Gasteiger partial charge is 0.507 e. The van der Waals surface area contributed by atoms with Crippen molar-refractivity contribution >= 4 is 34.7 Å². The molecule has 2 heterocycles. The van der Waals surface area contributed by atoms with Crippen LogP contribution < -0.4 is 4.90 Å². The number of carbonyl (C=O) groups is 2. The number of likely N-dealkylation sites (tertiary alicyclic amines) is 1. The monoisotopic (exact) mass is 475 g/mol. The van der Waals surface area contributed by atoms with Gasteiger partial charge in [0.05, 0.1) is 23.9 Å². The standard InChI is InChI=1S/C27H26ClN3O3/c1-3-30(4-2)22-13-11-18(12-14-22)24-23(25(32)19-8-7-9-20(28)16-19)26(33)27(34)31(24)17-21-10-5-6-15-29-21/h5-16,24,32H,3-4,17H2,1-2H3/b25-23-. The molecule has 0 saturated carbocycles. The SMILES string of the molecule is CCN(CC)c1ccc(C2/C(=C(/O)c3cccc(Cl)c3)C(=O)C(=O)N2Cc2ccccn2)cc1. The number of hydrogen-bond acceptors (Lipinski definition) is 5. The van der Waals surface area contributed by atoms with Crippen LogP contribution >= 0.6 is 11.6 Å². The first-order chi connectivity index (χ1) is 16.4. The summed E-state index contributed by atoms with van der Waals surface area (Å²) in [5, 5.41) is 11.6. The van der Waals surface area contributed by atoms with Crippen molar-refractivity contribution in [1.29, 1.82) is 0 Å². The summed E-state index contributed by atoms with van der Waals surface area (Å²) in [7, 11) is 0. The number of anilines is 1. The number of Topliss-reactive ketones (excluding diaryl/α,β-unsaturated/α-hetero) is 1. The lowest BCUT2D eigenvalue weighted by atomic mass is 9.95. The second-order valence-corrected chi connectivity index (χ2v) is 8.46. The van der Waals surface area contributed by atoms with Gasteiger partial charge in [-0.15, -0.1) is 0 Å². The Bertz CT molecular complexity index is 1220. The smallest absolute Gasteiger partial charge is 0.296 e. The second kappa shape index (κ2) is 10.1. The molecular formula is C27H26ClN3O3. The normalized spacial score (nSPS) is 17.3. The fraction of sp³-hybridized carbons (Fsp3) is 0.222. The average Bonchev–Trinajstić information content (AvgIpc) is 3.10. The summed E-state index contributed by atoms with van der Waals surface area (Å²) >= 11 is 6.12. The van der Waals surface area contributed by atoms with Gasteiger partial charge in [0.2, 0.25) is 0 Å². The van der Waals surface area contributed by atoms with Crippen LogP contribution in [0.4, 0.5) is 5.69 Å². The number of aliphatic hydroxyl groups is 1. The first kappa shape index (κ1) is 23.5. The highest BCUT2D eigenvalue weighted by molar-refractivity contribution is 6.46. The van der Waals surface area contributed by atoms with E-state index >= 15 is 0 Å². The lowest BCUT2D eigenvalue weighted by Crippen LogP contribution is -2.29. The minimum atomic E-state index is -0.758. The third-order valence-corrected chi connectivity index (χ3v) is 6.27. The Labute approximate surface area is 204 Å². The van der Waals surface area contributed by atoms with Crippen LogP contribution in [0.2, 0.25) is 5.02 Å². The lowest BCUT2D eigenvalue weighted by Gasteiger charge is -2.26. The number of benzene rings is 2. The van der Waals surface area contributed by atoms with E-state index < -0.39 is 17.7 Å². The number of halogens is 1. The molecule has 1 aliphatic rings. The topological polar surface area (TPSA) is 73.7 Å². The lowest BCUT2D eigenvalue weighted by molar-refractivity contribution is -0.140. The zero-order chi connectivity index (χ0) is 24.2. The van der Waals surface area contributed by atoms with Crippen molar-refractivity contribution in [2.75, 3.05) is 18.0 Å². The number of ketones is 1. The number of aliphatic hydroxyl groups excluding tert-OH is 1. The van der Waals surface area contributed by atoms with Gasteiger partial charge in [-0.25, -0.2) is 0 Å². The van der Waals surface area contributed by atoms with Crippen molar-refractivity contribution in [2.45, 2.75) is 26.4 Å². The van der Waals surface area contributed by atoms with Crippen LogP contribution in [0.15, 0.2) is 78.5 Å². The predicted molar refractivity (Wildman–Crippen MR) is 134 cm³/mol. The molecule has 174 valence electrons. The third kappa shape index (κ3) is 4.54. The highest BCUT2D eigenvalue weighted by atomic mass is 35.5. The molecule has 6 nitrogen and oxygen atoms in total. The van der Waals surface area contributed by atoms with Gasteiger partial charge in [0.1, 0.15) is 5.76 Å². The minimum absolute atomic E-state index is 0.0405. The number of pyridine rings is 1. The van der Waals surface area contributed by atoms with Crippen molar-refractivity contribution < 1.29 is 14.7 Å². The van der Waals surface area contributed by atoms with Crippen LogP contribution in [0, 0.1) is 0 Å². The van der Waals surface area contributed by atoms with Gasteiger partial charge in [0.15, 0.2) is 0 Å². The van der Waals surface area contributed by atoms with Gasteiger partial charge < -0.3 is 14.9 Å². The predicted octanol–water partition coefficient (Wildman–Crippen LogP) is 5.20. The van der Waals surface area contributed by atoms with Gasteiger partial charge >= 0.3 is 0 Å². The molecular weight excluding hydrogens is 450 g/mol. The summed E-state index contributed by atoms with van der Waals surface area (Å²) in [6.07, 6.45) is 1.64. The zero-order valence-electron chi connectivity index (χ0n) is 19.1. The van der Waals surface area contributed by atoms with Gasteiger partial charge in [-0.1, -0.05) is 41.9 Å². The van der Waals surface area contributed by atoms with E-state index in [4.69, 9.17) is 11.6 Å². The maximum atomic E-state index is 13.2. The number of aromatic nitrogens is 1. The van der Waals surface area contributed by atoms with Crippen LogP contribution in [-0.2, 0) is 16.1 Å². The first-order valence-electron chi connectivity index (χ1n) is 11.2. The first-order valence-corrected chi connectivity index (χ1v) is 11.6. The Morgan fingerprint density at radius 3 is 2.38 bits per heavy atom. The van der Waals surface area contributed by atoms with Crippen LogP contribution in [0.3, 0.4) is 0 Å². The molecule has 0 radical (unpaired) electrons. The molecule has 1 N–H and O–H groups in total. The van der Waals surface area contributed by atoms with E-state index in [0.717, 1.165) is 24.3 Å². The molecule has 1 fully saturated rings. The summed E-state index contributed by atoms with van der Waals surface area (Å²) in [5.74, 6) is -1.65. The van der Waals surface area contributed by atoms with E-state index in [2.05, 4.69) is 23.7 Å². The highest BCUT2D eigenvalue weighted by Crippen LogP contribution is 2.40. The molecule has 1 saturated heterocycles. The Kier molecular flexibility index (Phi) is 6.98. The van der Waals surface area contributed by atoms with Crippen LogP contribution in [0.5, 0.6) is 0 Å². The van der Waals surface area contributed by atoms with E-state index in [1.165, 1.54) is 4.90 Å². The molecule has 34 heavy (non-hydrogen) atoms. The molecule has 7 heteroatoms. The third-order valence-electron chi connectivity index (χ3n) is 6.03. The molecule has 1 aromatic heterocycles. The summed E-state index contributed by atoms with van der Waals surface area (Å²) in [5.41, 5.74) is 2.85. The number of amides is 1. The number of carbonyl (C=O) groups excluding carboxylic acids is 2. The summed E-state index contributed by atoms with van der Waals surface area (Å²) in [6, 6.07) is 19.0. The van der Waals surface area contributed by atoms with Gasteiger partial charge in [-0.3, -0.25) is 14.6 Å². The number of nitrogens with zero attached hydrogens (tertiary/aromatic N) is 3. The van der Waals surface area contributed by atoms with Crippen LogP contribution in [0.1, 0.15) is 36.7 Å². The van der Waals surface area contributed by atoms with Crippen molar-refractivity contribution in [2.24, 2.45) is 0 Å². The Balaban J connectivity index is 1.83. The second-order valence-electron chi connectivity index (χ2n) is 8.02. The molecule has 1 amide bonds. The molecule has 1 unspecified atom stereocenters. The molecule has 1 atom stereocenters. The van der Waals surface area contributed by atoms with E-state index in [9.17, 15) is 14.7 Å². The maximum Gasteiger partial charge on any atom is 0.296 e. The van der Waals surface area contributed by atoms with Gasteiger partial charge in [-0.05, 0) is 55.8 Å². The molecule has 0 spiro atoms. The van der Waals surface area contributed by atoms with Gasteiger partial charge in [0, 0.05) is 35.6 Å². The summed E-state index contributed by atoms with van der Waals surface area (Å²) < 4.78 is 0. The quantitative estimate of drug-likeness (QED) is 0.289. The van der Waals surface area contributed by atoms with Gasteiger partial charge in [-0.2, -0.15) is 0 Å². The highest BCUT2D eigenvalue weighted by Gasteiger charge is 2.46. The van der Waals surface area contributed by atoms with E-state index in [1.54, 1.807) is 42.6 Å². The number of rotatable bonds is 7. The van der Waals surface area contributed by atoms with Crippen molar-refractivity contribution in [3.05, 3.63) is 100 Å². The van der Waals surface area contributed by atoms with Crippen molar-refractivity contribution in [3.8, 4) is 0 Å². The maximum absolute atomic E-state index is 13.2. The summed E-state index contributed by atoms with van der Waals surface area (Å²) in [6.45, 7) is 6.04. The molecule has 3 aromatic rings. The minimum Gasteiger partial charge on any atom is -0.507 e. The zero-order valence-corrected chi connectivity index (χ0v) is 19.9. The van der Waals surface area contributed by atoms with Crippen LogP contribution in [0.25, 0.3) is 5.76 Å². The molecule has 4 rings (SSSR count). The molecule has 0 bridgehead atoms. The van der Waals surface area contributed by atoms with E-state index in [1.807, 2.05) is 30.3 Å². The molecule has 0 aliphatic carbocycles. The fourth-order valence-electron chi connectivity index (χ4n) is 4.30.